The molecule has 0 unspecified atom stereocenters. The van der Waals surface area contributed by atoms with Crippen molar-refractivity contribution in [1.29, 1.82) is 0 Å². The van der Waals surface area contributed by atoms with Crippen molar-refractivity contribution in [3.05, 3.63) is 28.8 Å². The van der Waals surface area contributed by atoms with E-state index in [9.17, 15) is 4.79 Å². The molecule has 1 amide bonds. The predicted molar refractivity (Wildman–Crippen MR) is 74.8 cm³/mol. The van der Waals surface area contributed by atoms with Crippen LogP contribution in [0.15, 0.2) is 18.2 Å². The quantitative estimate of drug-likeness (QED) is 0.808. The Morgan fingerprint density at radius 3 is 2.89 bits per heavy atom. The van der Waals surface area contributed by atoms with Crippen molar-refractivity contribution in [2.45, 2.75) is 38.6 Å². The molecular weight excluding hydrogens is 248 g/mol. The molecule has 2 atom stereocenters. The highest BCUT2D eigenvalue weighted by Crippen LogP contribution is 2.24. The summed E-state index contributed by atoms with van der Waals surface area (Å²) in [6, 6.07) is 5.26. The number of amides is 1. The fraction of sp³-hybridized carbons (Fsp3) is 0.500. The number of anilines is 1. The van der Waals surface area contributed by atoms with E-state index in [1.807, 2.05) is 0 Å². The smallest absolute Gasteiger partial charge is 0.253 e. The average Bonchev–Trinajstić information content (AvgIpc) is 2.28. The van der Waals surface area contributed by atoms with E-state index < -0.39 is 0 Å². The summed E-state index contributed by atoms with van der Waals surface area (Å²) in [5.74, 6) is 0.592. The van der Waals surface area contributed by atoms with Crippen molar-refractivity contribution < 1.29 is 4.79 Å². The molecule has 0 spiro atoms. The van der Waals surface area contributed by atoms with Gasteiger partial charge >= 0.3 is 0 Å². The maximum atomic E-state index is 12.1. The van der Waals surface area contributed by atoms with E-state index in [2.05, 4.69) is 12.2 Å². The molecular formula is C14H19ClN2O. The minimum atomic E-state index is -0.0942. The van der Waals surface area contributed by atoms with Gasteiger partial charge in [0.2, 0.25) is 0 Å². The van der Waals surface area contributed by atoms with Gasteiger partial charge in [-0.2, -0.15) is 0 Å². The largest absolute Gasteiger partial charge is 0.398 e. The Labute approximate surface area is 113 Å². The van der Waals surface area contributed by atoms with Crippen LogP contribution in [-0.4, -0.2) is 11.9 Å². The molecule has 18 heavy (non-hydrogen) atoms. The summed E-state index contributed by atoms with van der Waals surface area (Å²) in [6.45, 7) is 2.23. The highest BCUT2D eigenvalue weighted by atomic mass is 35.5. The number of halogens is 1. The number of benzene rings is 1. The summed E-state index contributed by atoms with van der Waals surface area (Å²) in [4.78, 5) is 12.1. The molecule has 1 aromatic rings. The van der Waals surface area contributed by atoms with E-state index in [0.29, 0.717) is 22.2 Å². The lowest BCUT2D eigenvalue weighted by Gasteiger charge is -2.27. The minimum absolute atomic E-state index is 0.0942. The van der Waals surface area contributed by atoms with E-state index in [4.69, 9.17) is 17.3 Å². The van der Waals surface area contributed by atoms with Crippen LogP contribution in [0, 0.1) is 5.92 Å². The number of nitrogens with two attached hydrogens (primary N) is 1. The molecule has 0 heterocycles. The van der Waals surface area contributed by atoms with Gasteiger partial charge in [0.25, 0.3) is 5.91 Å². The lowest BCUT2D eigenvalue weighted by Crippen LogP contribution is -2.38. The molecule has 2 rings (SSSR count). The Morgan fingerprint density at radius 1 is 1.44 bits per heavy atom. The van der Waals surface area contributed by atoms with Crippen molar-refractivity contribution in [2.75, 3.05) is 5.73 Å². The van der Waals surface area contributed by atoms with Crippen molar-refractivity contribution in [3.8, 4) is 0 Å². The molecule has 1 aromatic carbocycles. The van der Waals surface area contributed by atoms with Crippen LogP contribution in [0.5, 0.6) is 0 Å². The van der Waals surface area contributed by atoms with Crippen molar-refractivity contribution in [1.82, 2.24) is 5.32 Å². The second-order valence-electron chi connectivity index (χ2n) is 5.17. The first-order chi connectivity index (χ1) is 8.56. The molecule has 1 aliphatic rings. The zero-order valence-electron chi connectivity index (χ0n) is 10.6. The van der Waals surface area contributed by atoms with Crippen molar-refractivity contribution in [3.63, 3.8) is 0 Å². The second-order valence-corrected chi connectivity index (χ2v) is 5.61. The molecule has 0 aromatic heterocycles. The first kappa shape index (κ1) is 13.2. The van der Waals surface area contributed by atoms with Crippen LogP contribution in [-0.2, 0) is 0 Å². The Bertz CT molecular complexity index is 447. The number of rotatable bonds is 2. The molecule has 0 saturated heterocycles. The van der Waals surface area contributed by atoms with Gasteiger partial charge in [0.05, 0.1) is 5.56 Å². The third-order valence-electron chi connectivity index (χ3n) is 3.53. The monoisotopic (exact) mass is 266 g/mol. The Balaban J connectivity index is 2.03. The number of nitrogens with one attached hydrogen (secondary N) is 1. The summed E-state index contributed by atoms with van der Waals surface area (Å²) in [6.07, 6.45) is 4.56. The van der Waals surface area contributed by atoms with Crippen LogP contribution in [0.3, 0.4) is 0 Å². The molecule has 3 N–H and O–H groups in total. The molecule has 4 heteroatoms. The van der Waals surface area contributed by atoms with E-state index >= 15 is 0 Å². The van der Waals surface area contributed by atoms with Gasteiger partial charge in [0, 0.05) is 16.8 Å². The van der Waals surface area contributed by atoms with E-state index in [0.717, 1.165) is 12.8 Å². The van der Waals surface area contributed by atoms with Crippen molar-refractivity contribution >= 4 is 23.2 Å². The molecule has 3 nitrogen and oxygen atoms in total. The standard InChI is InChI=1S/C14H19ClN2O/c1-9-3-2-4-11(7-9)17-14(18)12-6-5-10(15)8-13(12)16/h5-6,8-9,11H,2-4,7,16H2,1H3,(H,17,18)/t9-,11-/m0/s1. The normalized spacial score (nSPS) is 23.7. The van der Waals surface area contributed by atoms with Crippen LogP contribution >= 0.6 is 11.6 Å². The zero-order valence-corrected chi connectivity index (χ0v) is 11.3. The van der Waals surface area contributed by atoms with Crippen LogP contribution < -0.4 is 11.1 Å². The molecule has 98 valence electrons. The number of hydrogen-bond donors (Lipinski definition) is 2. The van der Waals surface area contributed by atoms with Gasteiger partial charge in [0.1, 0.15) is 0 Å². The molecule has 1 saturated carbocycles. The fourth-order valence-electron chi connectivity index (χ4n) is 2.57. The maximum absolute atomic E-state index is 12.1. The summed E-state index contributed by atoms with van der Waals surface area (Å²) in [5, 5.41) is 3.62. The topological polar surface area (TPSA) is 55.1 Å². The van der Waals surface area contributed by atoms with E-state index in [1.165, 1.54) is 12.8 Å². The minimum Gasteiger partial charge on any atom is -0.398 e. The Morgan fingerprint density at radius 2 is 2.22 bits per heavy atom. The summed E-state index contributed by atoms with van der Waals surface area (Å²) in [7, 11) is 0. The van der Waals surface area contributed by atoms with Gasteiger partial charge in [-0.15, -0.1) is 0 Å². The summed E-state index contributed by atoms with van der Waals surface area (Å²) in [5.41, 5.74) is 6.76. The van der Waals surface area contributed by atoms with Crippen LogP contribution in [0.4, 0.5) is 5.69 Å². The third kappa shape index (κ3) is 3.16. The van der Waals surface area contributed by atoms with Gasteiger partial charge in [-0.3, -0.25) is 4.79 Å². The summed E-state index contributed by atoms with van der Waals surface area (Å²) >= 11 is 5.82. The van der Waals surface area contributed by atoms with E-state index in [1.54, 1.807) is 18.2 Å². The van der Waals surface area contributed by atoms with Crippen molar-refractivity contribution in [2.24, 2.45) is 5.92 Å². The number of hydrogen-bond acceptors (Lipinski definition) is 2. The summed E-state index contributed by atoms with van der Waals surface area (Å²) < 4.78 is 0. The molecule has 1 aliphatic carbocycles. The molecule has 1 fully saturated rings. The predicted octanol–water partition coefficient (Wildman–Crippen LogP) is 3.23. The lowest BCUT2D eigenvalue weighted by molar-refractivity contribution is 0.0922. The Hall–Kier alpha value is -1.22. The van der Waals surface area contributed by atoms with E-state index in [-0.39, 0.29) is 11.9 Å². The first-order valence-corrected chi connectivity index (χ1v) is 6.80. The van der Waals surface area contributed by atoms with Gasteiger partial charge in [-0.25, -0.2) is 0 Å². The first-order valence-electron chi connectivity index (χ1n) is 6.42. The number of nitrogen functional groups attached to an aromatic ring is 1. The Kier molecular flexibility index (Phi) is 4.12. The second kappa shape index (κ2) is 5.61. The van der Waals surface area contributed by atoms with Gasteiger partial charge in [-0.05, 0) is 37.0 Å². The van der Waals surface area contributed by atoms with Gasteiger partial charge < -0.3 is 11.1 Å². The zero-order chi connectivity index (χ0) is 13.1. The van der Waals surface area contributed by atoms with Crippen LogP contribution in [0.1, 0.15) is 43.0 Å². The molecule has 0 radical (unpaired) electrons. The number of carbonyl (C=O) groups excluding carboxylic acids is 1. The lowest BCUT2D eigenvalue weighted by atomic mass is 9.87. The highest BCUT2D eigenvalue weighted by molar-refractivity contribution is 6.31. The van der Waals surface area contributed by atoms with Crippen LogP contribution in [0.2, 0.25) is 5.02 Å². The number of carbonyl (C=O) groups is 1. The van der Waals surface area contributed by atoms with Gasteiger partial charge in [-0.1, -0.05) is 31.4 Å². The SMILES string of the molecule is C[C@H]1CCC[C@H](NC(=O)c2ccc(Cl)cc2N)C1. The van der Waals surface area contributed by atoms with Gasteiger partial charge in [0.15, 0.2) is 0 Å². The molecule has 0 aliphatic heterocycles. The maximum Gasteiger partial charge on any atom is 0.253 e. The molecule has 0 bridgehead atoms. The highest BCUT2D eigenvalue weighted by Gasteiger charge is 2.21. The average molecular weight is 267 g/mol. The van der Waals surface area contributed by atoms with Crippen LogP contribution in [0.25, 0.3) is 0 Å². The fourth-order valence-corrected chi connectivity index (χ4v) is 2.75. The third-order valence-corrected chi connectivity index (χ3v) is 3.76.